The van der Waals surface area contributed by atoms with E-state index in [2.05, 4.69) is 19.9 Å². The second-order valence-electron chi connectivity index (χ2n) is 13.2. The zero-order valence-electron chi connectivity index (χ0n) is 22.7. The molecule has 0 radical (unpaired) electrons. The van der Waals surface area contributed by atoms with Crippen molar-refractivity contribution < 1.29 is 29.2 Å². The largest absolute Gasteiger partial charge is 0.431 e. The standard InChI is InChI=1S/C30H43NO7/c1-16-24(31)25(33)26(34)27(37-16)38-19-8-11-28(2)18(14-19)5-6-22-21(28)9-12-29(3)20(10-13-30(22,29)35)17-4-7-23(32)36-15-17/h4,7,14-16,19-22,24-27,33-35H,5-6,8-13,31H2,1-3H3/t16-,19-,20+,21?,22?,24+,25?,26+,27-,28-,29+,30-/m0/s1. The Hall–Kier alpha value is -1.55. The van der Waals surface area contributed by atoms with Crippen molar-refractivity contribution in [2.75, 3.05) is 0 Å². The summed E-state index contributed by atoms with van der Waals surface area (Å²) in [5, 5.41) is 33.2. The predicted molar refractivity (Wildman–Crippen MR) is 140 cm³/mol. The normalized spacial score (nSPS) is 50.5. The third-order valence-corrected chi connectivity index (χ3v) is 11.6. The highest BCUT2D eigenvalue weighted by Gasteiger charge is 2.66. The molecule has 0 aromatic carbocycles. The van der Waals surface area contributed by atoms with Gasteiger partial charge in [-0.15, -0.1) is 0 Å². The lowest BCUT2D eigenvalue weighted by molar-refractivity contribution is -0.279. The Kier molecular flexibility index (Phi) is 6.49. The Balaban J connectivity index is 1.21. The molecule has 1 aromatic heterocycles. The van der Waals surface area contributed by atoms with Crippen LogP contribution >= 0.6 is 0 Å². The highest BCUT2D eigenvalue weighted by Crippen LogP contribution is 2.70. The summed E-state index contributed by atoms with van der Waals surface area (Å²) in [6, 6.07) is 2.73. The lowest BCUT2D eigenvalue weighted by Gasteiger charge is -2.62. The zero-order valence-corrected chi connectivity index (χ0v) is 22.7. The van der Waals surface area contributed by atoms with E-state index in [4.69, 9.17) is 19.6 Å². The summed E-state index contributed by atoms with van der Waals surface area (Å²) in [5.41, 5.74) is 7.01. The number of rotatable bonds is 3. The molecule has 0 bridgehead atoms. The maximum atomic E-state index is 12.4. The second-order valence-corrected chi connectivity index (χ2v) is 13.2. The van der Waals surface area contributed by atoms with Gasteiger partial charge < -0.3 is 34.9 Å². The highest BCUT2D eigenvalue weighted by molar-refractivity contribution is 5.31. The molecule has 210 valence electrons. The fourth-order valence-electron chi connectivity index (χ4n) is 9.21. The van der Waals surface area contributed by atoms with Gasteiger partial charge in [-0.05, 0) is 93.1 Å². The van der Waals surface area contributed by atoms with E-state index >= 15 is 0 Å². The minimum atomic E-state index is -1.18. The number of hydrogen-bond donors (Lipinski definition) is 4. The van der Waals surface area contributed by atoms with Gasteiger partial charge in [-0.3, -0.25) is 0 Å². The molecule has 3 saturated carbocycles. The van der Waals surface area contributed by atoms with Crippen molar-refractivity contribution >= 4 is 0 Å². The van der Waals surface area contributed by atoms with Gasteiger partial charge in [0, 0.05) is 11.5 Å². The molecule has 6 rings (SSSR count). The molecule has 1 aromatic rings. The molecule has 4 fully saturated rings. The number of nitrogens with two attached hydrogens (primary N) is 1. The van der Waals surface area contributed by atoms with Crippen LogP contribution in [0.3, 0.4) is 0 Å². The quantitative estimate of drug-likeness (QED) is 0.439. The van der Waals surface area contributed by atoms with E-state index < -0.39 is 36.2 Å². The van der Waals surface area contributed by atoms with Crippen molar-refractivity contribution in [1.29, 1.82) is 0 Å². The van der Waals surface area contributed by atoms with E-state index in [0.29, 0.717) is 5.92 Å². The van der Waals surface area contributed by atoms with Gasteiger partial charge in [0.1, 0.15) is 12.2 Å². The molecule has 8 heteroatoms. The van der Waals surface area contributed by atoms with Crippen LogP contribution in [0, 0.1) is 22.7 Å². The fourth-order valence-corrected chi connectivity index (χ4v) is 9.21. The van der Waals surface area contributed by atoms with Crippen LogP contribution in [0.5, 0.6) is 0 Å². The van der Waals surface area contributed by atoms with Gasteiger partial charge >= 0.3 is 5.63 Å². The molecule has 0 spiro atoms. The molecule has 4 aliphatic carbocycles. The third-order valence-electron chi connectivity index (χ3n) is 11.6. The predicted octanol–water partition coefficient (Wildman–Crippen LogP) is 2.98. The van der Waals surface area contributed by atoms with E-state index in [-0.39, 0.29) is 34.4 Å². The number of aliphatic hydroxyl groups excluding tert-OH is 2. The van der Waals surface area contributed by atoms with Crippen molar-refractivity contribution in [3.8, 4) is 0 Å². The third kappa shape index (κ3) is 3.82. The van der Waals surface area contributed by atoms with Gasteiger partial charge in [-0.25, -0.2) is 4.79 Å². The van der Waals surface area contributed by atoms with Crippen LogP contribution in [0.15, 0.2) is 39.3 Å². The first kappa shape index (κ1) is 26.7. The van der Waals surface area contributed by atoms with Crippen LogP contribution in [-0.4, -0.2) is 57.7 Å². The number of allylic oxidation sites excluding steroid dienone is 1. The summed E-state index contributed by atoms with van der Waals surface area (Å²) in [7, 11) is 0. The molecule has 1 aliphatic heterocycles. The summed E-state index contributed by atoms with van der Waals surface area (Å²) in [6.45, 7) is 6.41. The van der Waals surface area contributed by atoms with Gasteiger partial charge in [-0.2, -0.15) is 0 Å². The average Bonchev–Trinajstić information content (AvgIpc) is 3.18. The Labute approximate surface area is 224 Å². The van der Waals surface area contributed by atoms with Crippen molar-refractivity contribution in [2.45, 2.75) is 120 Å². The Morgan fingerprint density at radius 1 is 1.03 bits per heavy atom. The first-order valence-corrected chi connectivity index (χ1v) is 14.4. The summed E-state index contributed by atoms with van der Waals surface area (Å²) >= 11 is 0. The minimum absolute atomic E-state index is 0.00133. The molecule has 38 heavy (non-hydrogen) atoms. The summed E-state index contributed by atoms with van der Waals surface area (Å²) in [6.07, 6.45) is 7.33. The average molecular weight is 530 g/mol. The molecule has 2 heterocycles. The van der Waals surface area contributed by atoms with Gasteiger partial charge in [0.05, 0.1) is 30.1 Å². The molecule has 12 atom stereocenters. The molecular formula is C30H43NO7. The maximum Gasteiger partial charge on any atom is 0.335 e. The lowest BCUT2D eigenvalue weighted by atomic mass is 9.45. The Morgan fingerprint density at radius 2 is 1.82 bits per heavy atom. The minimum Gasteiger partial charge on any atom is -0.431 e. The molecule has 5 N–H and O–H groups in total. The maximum absolute atomic E-state index is 12.4. The van der Waals surface area contributed by atoms with E-state index in [1.54, 1.807) is 13.2 Å². The van der Waals surface area contributed by atoms with Gasteiger partial charge in [0.25, 0.3) is 0 Å². The van der Waals surface area contributed by atoms with Gasteiger partial charge in [0.2, 0.25) is 0 Å². The van der Waals surface area contributed by atoms with Crippen LogP contribution in [0.2, 0.25) is 0 Å². The molecular weight excluding hydrogens is 486 g/mol. The zero-order chi connectivity index (χ0) is 27.0. The molecule has 0 amide bonds. The first-order chi connectivity index (χ1) is 18.0. The van der Waals surface area contributed by atoms with Crippen molar-refractivity contribution in [3.05, 3.63) is 46.0 Å². The number of aliphatic hydroxyl groups is 3. The van der Waals surface area contributed by atoms with Crippen LogP contribution in [-0.2, 0) is 9.47 Å². The van der Waals surface area contributed by atoms with Crippen LogP contribution < -0.4 is 11.4 Å². The molecule has 3 unspecified atom stereocenters. The van der Waals surface area contributed by atoms with Gasteiger partial charge in [-0.1, -0.05) is 25.5 Å². The fraction of sp³-hybridized carbons (Fsp3) is 0.767. The SMILES string of the molecule is C[C@@H]1O[C@@H](O[C@@H]2C=C3CCC4C(CC[C@]5(C)[C@@H](c6ccc(=O)oc6)CC[C@]45O)[C@@]3(C)CC2)[C@H](O)C(O)[C@@H]1N. The van der Waals surface area contributed by atoms with E-state index in [0.717, 1.165) is 56.9 Å². The number of hydrogen-bond acceptors (Lipinski definition) is 8. The van der Waals surface area contributed by atoms with E-state index in [1.165, 1.54) is 11.6 Å². The van der Waals surface area contributed by atoms with Crippen LogP contribution in [0.1, 0.15) is 83.6 Å². The van der Waals surface area contributed by atoms with Gasteiger partial charge in [0.15, 0.2) is 6.29 Å². The van der Waals surface area contributed by atoms with E-state index in [9.17, 15) is 20.1 Å². The smallest absolute Gasteiger partial charge is 0.335 e. The summed E-state index contributed by atoms with van der Waals surface area (Å²) in [5.74, 6) is 0.799. The molecule has 8 nitrogen and oxygen atoms in total. The second kappa shape index (κ2) is 9.25. The first-order valence-electron chi connectivity index (χ1n) is 14.4. The van der Waals surface area contributed by atoms with Crippen molar-refractivity contribution in [3.63, 3.8) is 0 Å². The van der Waals surface area contributed by atoms with E-state index in [1.807, 2.05) is 6.07 Å². The molecule has 1 saturated heterocycles. The van der Waals surface area contributed by atoms with Crippen LogP contribution in [0.4, 0.5) is 0 Å². The summed E-state index contributed by atoms with van der Waals surface area (Å²) in [4.78, 5) is 11.5. The topological polar surface area (TPSA) is 135 Å². The Bertz CT molecular complexity index is 1130. The summed E-state index contributed by atoms with van der Waals surface area (Å²) < 4.78 is 17.2. The van der Waals surface area contributed by atoms with Crippen molar-refractivity contribution in [1.82, 2.24) is 0 Å². The number of ether oxygens (including phenoxy) is 2. The Morgan fingerprint density at radius 3 is 2.55 bits per heavy atom. The number of fused-ring (bicyclic) bond motifs is 5. The lowest BCUT2D eigenvalue weighted by Crippen LogP contribution is -2.61. The monoisotopic (exact) mass is 529 g/mol. The highest BCUT2D eigenvalue weighted by atomic mass is 16.7. The van der Waals surface area contributed by atoms with Crippen LogP contribution in [0.25, 0.3) is 0 Å². The van der Waals surface area contributed by atoms with Crippen molar-refractivity contribution in [2.24, 2.45) is 28.4 Å². The molecule has 5 aliphatic rings.